The molecule has 1 heterocycles. The Bertz CT molecular complexity index is 1370. The minimum atomic E-state index is -3.90. The molecule has 0 saturated heterocycles. The highest BCUT2D eigenvalue weighted by atomic mass is 32.2. The lowest BCUT2D eigenvalue weighted by Gasteiger charge is -2.33. The van der Waals surface area contributed by atoms with Gasteiger partial charge in [0.1, 0.15) is 5.75 Å². The molecule has 4 rings (SSSR count). The fourth-order valence-electron chi connectivity index (χ4n) is 3.49. The summed E-state index contributed by atoms with van der Waals surface area (Å²) in [6.07, 6.45) is -0.956. The number of para-hydroxylation sites is 2. The van der Waals surface area contributed by atoms with Gasteiger partial charge in [-0.05, 0) is 48.5 Å². The number of nitrogens with one attached hydrogen (secondary N) is 1. The summed E-state index contributed by atoms with van der Waals surface area (Å²) in [5.41, 5.74) is 0.706. The van der Waals surface area contributed by atoms with Crippen molar-refractivity contribution in [2.24, 2.45) is 0 Å². The monoisotopic (exact) mass is 481 g/mol. The van der Waals surface area contributed by atoms with Gasteiger partial charge in [0.05, 0.1) is 26.9 Å². The molecule has 2 amide bonds. The molecule has 3 aromatic rings. The van der Waals surface area contributed by atoms with Gasteiger partial charge in [-0.25, -0.2) is 8.42 Å². The Labute approximate surface area is 194 Å². The summed E-state index contributed by atoms with van der Waals surface area (Å²) in [6, 6.07) is 17.0. The third kappa shape index (κ3) is 4.46. The molecule has 3 aromatic carbocycles. The molecule has 174 valence electrons. The fraction of sp³-hybridized carbons (Fsp3) is 0.130. The first kappa shape index (κ1) is 22.9. The highest BCUT2D eigenvalue weighted by molar-refractivity contribution is 7.91. The Morgan fingerprint density at radius 2 is 1.59 bits per heavy atom. The molecule has 0 bridgehead atoms. The molecule has 0 aliphatic carbocycles. The van der Waals surface area contributed by atoms with Gasteiger partial charge in [0, 0.05) is 24.7 Å². The Balaban J connectivity index is 1.49. The highest BCUT2D eigenvalue weighted by Crippen LogP contribution is 2.33. The smallest absolute Gasteiger partial charge is 0.269 e. The Morgan fingerprint density at radius 1 is 1.00 bits per heavy atom. The van der Waals surface area contributed by atoms with Crippen LogP contribution in [0.3, 0.4) is 0 Å². The highest BCUT2D eigenvalue weighted by Gasteiger charge is 2.32. The third-order valence-corrected chi connectivity index (χ3v) is 7.02. The predicted octanol–water partition coefficient (Wildman–Crippen LogP) is 3.18. The van der Waals surface area contributed by atoms with Crippen molar-refractivity contribution in [3.63, 3.8) is 0 Å². The minimum absolute atomic E-state index is 0.0325. The van der Waals surface area contributed by atoms with Crippen LogP contribution in [0.4, 0.5) is 17.1 Å². The van der Waals surface area contributed by atoms with E-state index in [-0.39, 0.29) is 27.9 Å². The maximum Gasteiger partial charge on any atom is 0.269 e. The maximum absolute atomic E-state index is 12.8. The first-order chi connectivity index (χ1) is 16.2. The van der Waals surface area contributed by atoms with E-state index in [1.54, 1.807) is 24.3 Å². The molecule has 0 saturated carbocycles. The largest absolute Gasteiger partial charge is 0.476 e. The van der Waals surface area contributed by atoms with Crippen LogP contribution < -0.4 is 15.0 Å². The average molecular weight is 481 g/mol. The molecule has 0 aromatic heterocycles. The summed E-state index contributed by atoms with van der Waals surface area (Å²) in [5, 5.41) is 13.4. The molecule has 1 aliphatic heterocycles. The molecule has 10 nitrogen and oxygen atoms in total. The van der Waals surface area contributed by atoms with Crippen LogP contribution in [0.25, 0.3) is 0 Å². The van der Waals surface area contributed by atoms with Gasteiger partial charge in [0.15, 0.2) is 6.10 Å². The molecule has 1 unspecified atom stereocenters. The lowest BCUT2D eigenvalue weighted by Crippen LogP contribution is -2.48. The Kier molecular flexibility index (Phi) is 6.03. The molecule has 0 spiro atoms. The summed E-state index contributed by atoms with van der Waals surface area (Å²) in [4.78, 5) is 36.3. The number of anilines is 2. The molecule has 0 radical (unpaired) electrons. The van der Waals surface area contributed by atoms with E-state index in [9.17, 15) is 28.1 Å². The number of hydrogen-bond donors (Lipinski definition) is 1. The predicted molar refractivity (Wildman–Crippen MR) is 123 cm³/mol. The Morgan fingerprint density at radius 3 is 2.18 bits per heavy atom. The number of benzene rings is 3. The number of fused-ring (bicyclic) bond motifs is 1. The van der Waals surface area contributed by atoms with Crippen molar-refractivity contribution in [2.75, 3.05) is 16.8 Å². The zero-order chi connectivity index (χ0) is 24.5. The second-order valence-electron chi connectivity index (χ2n) is 7.47. The number of rotatable bonds is 5. The molecule has 1 atom stereocenters. The van der Waals surface area contributed by atoms with Crippen LogP contribution >= 0.6 is 0 Å². The number of nitro groups is 1. The number of nitro benzene ring substituents is 1. The molecule has 1 aliphatic rings. The molecule has 1 N–H and O–H groups in total. The summed E-state index contributed by atoms with van der Waals surface area (Å²) in [7, 11) is -3.90. The van der Waals surface area contributed by atoms with Crippen LogP contribution in [-0.2, 0) is 19.4 Å². The fourth-order valence-corrected chi connectivity index (χ4v) is 4.75. The molecule has 0 fully saturated rings. The first-order valence-electron chi connectivity index (χ1n) is 10.1. The summed E-state index contributed by atoms with van der Waals surface area (Å²) in [5.74, 6) is -0.310. The van der Waals surface area contributed by atoms with Crippen LogP contribution in [0.1, 0.15) is 6.92 Å². The van der Waals surface area contributed by atoms with Gasteiger partial charge in [-0.2, -0.15) is 0 Å². The number of carbonyl (C=O) groups is 2. The quantitative estimate of drug-likeness (QED) is 0.437. The Hall–Kier alpha value is -4.25. The molecular weight excluding hydrogens is 462 g/mol. The van der Waals surface area contributed by atoms with Crippen LogP contribution in [0.5, 0.6) is 5.75 Å². The van der Waals surface area contributed by atoms with Gasteiger partial charge in [0.2, 0.25) is 15.7 Å². The zero-order valence-corrected chi connectivity index (χ0v) is 18.7. The van der Waals surface area contributed by atoms with Crippen molar-refractivity contribution < 1.29 is 27.7 Å². The normalized spacial score (nSPS) is 15.1. The van der Waals surface area contributed by atoms with Gasteiger partial charge < -0.3 is 15.0 Å². The van der Waals surface area contributed by atoms with Gasteiger partial charge in [-0.15, -0.1) is 0 Å². The lowest BCUT2D eigenvalue weighted by molar-refractivity contribution is -0.384. The van der Waals surface area contributed by atoms with E-state index < -0.39 is 26.8 Å². The second-order valence-corrected chi connectivity index (χ2v) is 9.42. The van der Waals surface area contributed by atoms with E-state index >= 15 is 0 Å². The van der Waals surface area contributed by atoms with E-state index in [1.807, 2.05) is 0 Å². The van der Waals surface area contributed by atoms with Crippen molar-refractivity contribution in [2.45, 2.75) is 22.8 Å². The van der Waals surface area contributed by atoms with E-state index in [2.05, 4.69) is 5.32 Å². The number of amides is 2. The van der Waals surface area contributed by atoms with Crippen LogP contribution in [0.15, 0.2) is 82.6 Å². The van der Waals surface area contributed by atoms with E-state index in [1.165, 1.54) is 48.2 Å². The van der Waals surface area contributed by atoms with E-state index in [0.717, 1.165) is 12.1 Å². The van der Waals surface area contributed by atoms with Crippen LogP contribution in [0, 0.1) is 10.1 Å². The van der Waals surface area contributed by atoms with Crippen molar-refractivity contribution in [3.8, 4) is 5.75 Å². The topological polar surface area (TPSA) is 136 Å². The van der Waals surface area contributed by atoms with Crippen molar-refractivity contribution >= 4 is 38.7 Å². The number of non-ortho nitro benzene ring substituents is 1. The van der Waals surface area contributed by atoms with Gasteiger partial charge in [-0.3, -0.25) is 19.7 Å². The zero-order valence-electron chi connectivity index (χ0n) is 17.9. The van der Waals surface area contributed by atoms with E-state index in [0.29, 0.717) is 17.1 Å². The third-order valence-electron chi connectivity index (χ3n) is 5.24. The average Bonchev–Trinajstić information content (AvgIpc) is 2.83. The second kappa shape index (κ2) is 8.94. The van der Waals surface area contributed by atoms with Gasteiger partial charge in [0.25, 0.3) is 11.6 Å². The van der Waals surface area contributed by atoms with Gasteiger partial charge >= 0.3 is 0 Å². The number of sulfone groups is 1. The number of nitrogens with zero attached hydrogens (tertiary/aromatic N) is 2. The molecule has 34 heavy (non-hydrogen) atoms. The number of ether oxygens (including phenoxy) is 1. The standard InChI is InChI=1S/C23H19N3O7S/c1-15(27)25-14-22(33-21-5-3-2-4-20(21)25)23(28)24-16-6-10-18(11-7-16)34(31,32)19-12-8-17(9-13-19)26(29)30/h2-13,22H,14H2,1H3,(H,24,28). The number of hydrogen-bond acceptors (Lipinski definition) is 7. The van der Waals surface area contributed by atoms with E-state index in [4.69, 9.17) is 4.74 Å². The van der Waals surface area contributed by atoms with Crippen molar-refractivity contribution in [3.05, 3.63) is 82.9 Å². The summed E-state index contributed by atoms with van der Waals surface area (Å²) < 4.78 is 31.4. The summed E-state index contributed by atoms with van der Waals surface area (Å²) in [6.45, 7) is 1.44. The van der Waals surface area contributed by atoms with Crippen LogP contribution in [0.2, 0.25) is 0 Å². The van der Waals surface area contributed by atoms with Crippen molar-refractivity contribution in [1.82, 2.24) is 0 Å². The number of carbonyl (C=O) groups excluding carboxylic acids is 2. The van der Waals surface area contributed by atoms with Crippen LogP contribution in [-0.4, -0.2) is 37.8 Å². The van der Waals surface area contributed by atoms with Gasteiger partial charge in [-0.1, -0.05) is 12.1 Å². The SMILES string of the molecule is CC(=O)N1CC(C(=O)Nc2ccc(S(=O)(=O)c3ccc([N+](=O)[O-])cc3)cc2)Oc2ccccc21. The molecular formula is C23H19N3O7S. The van der Waals surface area contributed by atoms with Crippen molar-refractivity contribution in [1.29, 1.82) is 0 Å². The maximum atomic E-state index is 12.8. The summed E-state index contributed by atoms with van der Waals surface area (Å²) >= 11 is 0. The lowest BCUT2D eigenvalue weighted by atomic mass is 10.1. The first-order valence-corrected chi connectivity index (χ1v) is 11.6. The molecule has 11 heteroatoms. The minimum Gasteiger partial charge on any atom is -0.476 e.